The molecule has 0 fully saturated rings. The molecular weight excluding hydrogens is 429 g/mol. The predicted octanol–water partition coefficient (Wildman–Crippen LogP) is 6.39. The summed E-state index contributed by atoms with van der Waals surface area (Å²) in [5, 5.41) is 5.07. The summed E-state index contributed by atoms with van der Waals surface area (Å²) in [4.78, 5) is 9.17. The maximum Gasteiger partial charge on any atom is 0.416 e. The molecule has 0 radical (unpaired) electrons. The lowest BCUT2D eigenvalue weighted by Crippen LogP contribution is -2.05. The Balaban J connectivity index is 1.71. The molecule has 5 rings (SSSR count). The number of furan rings is 1. The molecule has 0 saturated heterocycles. The van der Waals surface area contributed by atoms with Crippen molar-refractivity contribution in [2.24, 2.45) is 0 Å². The summed E-state index contributed by atoms with van der Waals surface area (Å²) >= 11 is 5.98. The fourth-order valence-corrected chi connectivity index (χ4v) is 3.28. The van der Waals surface area contributed by atoms with Crippen molar-refractivity contribution in [1.82, 2.24) is 19.6 Å². The lowest BCUT2D eigenvalue weighted by atomic mass is 10.1. The van der Waals surface area contributed by atoms with Crippen molar-refractivity contribution in [2.45, 2.75) is 6.18 Å². The smallest absolute Gasteiger partial charge is 0.416 e. The fourth-order valence-electron chi connectivity index (χ4n) is 3.16. The van der Waals surface area contributed by atoms with Gasteiger partial charge in [-0.1, -0.05) is 23.7 Å². The van der Waals surface area contributed by atoms with Crippen LogP contribution < -0.4 is 0 Å². The van der Waals surface area contributed by atoms with E-state index in [0.717, 1.165) is 12.1 Å². The summed E-state index contributed by atoms with van der Waals surface area (Å²) in [6.45, 7) is 0. The van der Waals surface area contributed by atoms with Gasteiger partial charge < -0.3 is 4.42 Å². The maximum absolute atomic E-state index is 13.0. The number of rotatable bonds is 3. The molecule has 154 valence electrons. The van der Waals surface area contributed by atoms with Crippen LogP contribution in [-0.4, -0.2) is 19.6 Å². The fraction of sp³-hybridized carbons (Fsp3) is 0.0455. The highest BCUT2D eigenvalue weighted by Crippen LogP contribution is 2.32. The van der Waals surface area contributed by atoms with Gasteiger partial charge in [0.05, 0.1) is 11.8 Å². The third-order valence-corrected chi connectivity index (χ3v) is 4.92. The van der Waals surface area contributed by atoms with E-state index < -0.39 is 11.7 Å². The Labute approximate surface area is 178 Å². The van der Waals surface area contributed by atoms with Gasteiger partial charge in [0.1, 0.15) is 5.69 Å². The van der Waals surface area contributed by atoms with Gasteiger partial charge in [0, 0.05) is 22.2 Å². The topological polar surface area (TPSA) is 56.2 Å². The first-order chi connectivity index (χ1) is 14.9. The van der Waals surface area contributed by atoms with Gasteiger partial charge in [-0.3, -0.25) is 0 Å². The summed E-state index contributed by atoms with van der Waals surface area (Å²) in [5.41, 5.74) is 1.43. The second-order valence-corrected chi connectivity index (χ2v) is 7.17. The van der Waals surface area contributed by atoms with Crippen LogP contribution in [0.1, 0.15) is 5.56 Å². The second-order valence-electron chi connectivity index (χ2n) is 6.73. The number of benzene rings is 2. The number of halogens is 4. The van der Waals surface area contributed by atoms with E-state index >= 15 is 0 Å². The number of fused-ring (bicyclic) bond motifs is 1. The van der Waals surface area contributed by atoms with E-state index in [0.29, 0.717) is 44.9 Å². The van der Waals surface area contributed by atoms with Gasteiger partial charge in [-0.2, -0.15) is 22.8 Å². The van der Waals surface area contributed by atoms with E-state index in [1.807, 2.05) is 0 Å². The number of aromatic nitrogens is 4. The highest BCUT2D eigenvalue weighted by molar-refractivity contribution is 6.30. The Morgan fingerprint density at radius 3 is 2.23 bits per heavy atom. The largest absolute Gasteiger partial charge is 0.463 e. The molecular formula is C22H12ClF3N4O. The molecule has 0 aliphatic carbocycles. The molecule has 0 aliphatic heterocycles. The van der Waals surface area contributed by atoms with Crippen molar-refractivity contribution in [3.05, 3.63) is 83.6 Å². The quantitative estimate of drug-likeness (QED) is 0.326. The normalized spacial score (nSPS) is 11.9. The molecule has 5 aromatic rings. The molecule has 5 nitrogen and oxygen atoms in total. The van der Waals surface area contributed by atoms with E-state index in [4.69, 9.17) is 16.0 Å². The maximum atomic E-state index is 13.0. The molecule has 2 aromatic carbocycles. The van der Waals surface area contributed by atoms with E-state index in [2.05, 4.69) is 15.1 Å². The van der Waals surface area contributed by atoms with Crippen molar-refractivity contribution in [3.63, 3.8) is 0 Å². The van der Waals surface area contributed by atoms with Crippen LogP contribution in [-0.2, 0) is 6.18 Å². The Hall–Kier alpha value is -3.65. The molecule has 0 amide bonds. The Kier molecular flexibility index (Phi) is 4.51. The van der Waals surface area contributed by atoms with Gasteiger partial charge in [0.25, 0.3) is 0 Å². The first kappa shape index (κ1) is 19.3. The zero-order valence-electron chi connectivity index (χ0n) is 15.6. The van der Waals surface area contributed by atoms with Crippen molar-refractivity contribution in [2.75, 3.05) is 0 Å². The van der Waals surface area contributed by atoms with E-state index in [-0.39, 0.29) is 0 Å². The highest BCUT2D eigenvalue weighted by atomic mass is 35.5. The third kappa shape index (κ3) is 3.66. The molecule has 0 N–H and O–H groups in total. The molecule has 3 heterocycles. The van der Waals surface area contributed by atoms with Crippen LogP contribution in [0.15, 0.2) is 77.4 Å². The predicted molar refractivity (Wildman–Crippen MR) is 109 cm³/mol. The first-order valence-electron chi connectivity index (χ1n) is 9.14. The van der Waals surface area contributed by atoms with Crippen molar-refractivity contribution in [1.29, 1.82) is 0 Å². The lowest BCUT2D eigenvalue weighted by Gasteiger charge is -2.10. The zero-order chi connectivity index (χ0) is 21.6. The van der Waals surface area contributed by atoms with Crippen LogP contribution in [0.3, 0.4) is 0 Å². The van der Waals surface area contributed by atoms with Crippen LogP contribution in [0, 0.1) is 0 Å². The summed E-state index contributed by atoms with van der Waals surface area (Å²) < 4.78 is 45.9. The first-order valence-corrected chi connectivity index (χ1v) is 9.51. The van der Waals surface area contributed by atoms with E-state index in [1.54, 1.807) is 42.5 Å². The Bertz CT molecular complexity index is 1360. The van der Waals surface area contributed by atoms with Gasteiger partial charge in [-0.15, -0.1) is 0 Å². The number of hydrogen-bond acceptors (Lipinski definition) is 4. The summed E-state index contributed by atoms with van der Waals surface area (Å²) in [7, 11) is 0. The summed E-state index contributed by atoms with van der Waals surface area (Å²) in [6, 6.07) is 17.0. The average Bonchev–Trinajstić information content (AvgIpc) is 3.43. The molecule has 0 aliphatic rings. The minimum atomic E-state index is -4.42. The molecule has 31 heavy (non-hydrogen) atoms. The summed E-state index contributed by atoms with van der Waals surface area (Å²) in [5.74, 6) is 1.28. The number of alkyl halides is 3. The second kappa shape index (κ2) is 7.24. The molecule has 0 atom stereocenters. The third-order valence-electron chi connectivity index (χ3n) is 4.67. The van der Waals surface area contributed by atoms with Gasteiger partial charge in [-0.05, 0) is 48.5 Å². The minimum absolute atomic E-state index is 0.349. The monoisotopic (exact) mass is 440 g/mol. The van der Waals surface area contributed by atoms with E-state index in [1.165, 1.54) is 22.9 Å². The number of nitrogens with zero attached hydrogens (tertiary/aromatic N) is 4. The number of hydrogen-bond donors (Lipinski definition) is 0. The van der Waals surface area contributed by atoms with Crippen molar-refractivity contribution in [3.8, 4) is 34.2 Å². The molecule has 0 saturated carbocycles. The molecule has 0 bridgehead atoms. The van der Waals surface area contributed by atoms with Gasteiger partial charge in [0.2, 0.25) is 0 Å². The van der Waals surface area contributed by atoms with Crippen molar-refractivity contribution >= 4 is 17.2 Å². The van der Waals surface area contributed by atoms with Gasteiger partial charge in [-0.25, -0.2) is 9.97 Å². The Morgan fingerprint density at radius 2 is 1.58 bits per heavy atom. The van der Waals surface area contributed by atoms with Crippen LogP contribution in [0.25, 0.3) is 39.9 Å². The van der Waals surface area contributed by atoms with Crippen LogP contribution in [0.5, 0.6) is 0 Å². The van der Waals surface area contributed by atoms with E-state index in [9.17, 15) is 13.2 Å². The van der Waals surface area contributed by atoms with Crippen LogP contribution >= 0.6 is 11.6 Å². The lowest BCUT2D eigenvalue weighted by molar-refractivity contribution is -0.137. The molecule has 0 unspecified atom stereocenters. The standard InChI is InChI=1S/C22H12ClF3N4O/c23-16-9-5-13(6-10-16)20-27-19-12-17(18-2-1-11-31-18)29-30(19)21(28-20)14-3-7-15(8-4-14)22(24,25)26/h1-12H. The van der Waals surface area contributed by atoms with Gasteiger partial charge >= 0.3 is 6.18 Å². The van der Waals surface area contributed by atoms with Gasteiger partial charge in [0.15, 0.2) is 23.1 Å². The molecule has 0 spiro atoms. The van der Waals surface area contributed by atoms with Crippen molar-refractivity contribution < 1.29 is 17.6 Å². The average molecular weight is 441 g/mol. The Morgan fingerprint density at radius 1 is 0.871 bits per heavy atom. The highest BCUT2D eigenvalue weighted by Gasteiger charge is 2.30. The van der Waals surface area contributed by atoms with Crippen LogP contribution in [0.2, 0.25) is 5.02 Å². The van der Waals surface area contributed by atoms with Crippen LogP contribution in [0.4, 0.5) is 13.2 Å². The molecule has 3 aromatic heterocycles. The minimum Gasteiger partial charge on any atom is -0.463 e. The molecule has 9 heteroatoms. The zero-order valence-corrected chi connectivity index (χ0v) is 16.4. The SMILES string of the molecule is FC(F)(F)c1ccc(-c2nc(-c3ccc(Cl)cc3)nc3cc(-c4ccco4)nn23)cc1. The summed E-state index contributed by atoms with van der Waals surface area (Å²) in [6.07, 6.45) is -2.90.